The number of ether oxygens (including phenoxy) is 2. The molecule has 0 unspecified atom stereocenters. The number of aromatic hydroxyl groups is 1. The van der Waals surface area contributed by atoms with Crippen LogP contribution in [0.2, 0.25) is 0 Å². The smallest absolute Gasteiger partial charge is 0.216 e. The number of pyridine rings is 1. The predicted octanol–water partition coefficient (Wildman–Crippen LogP) is 2.35. The molecular formula is C21H19FN6O3. The number of aromatic nitrogens is 6. The summed E-state index contributed by atoms with van der Waals surface area (Å²) in [4.78, 5) is 8.31. The third-order valence-electron chi connectivity index (χ3n) is 5.03. The van der Waals surface area contributed by atoms with Gasteiger partial charge in [-0.3, -0.25) is 4.98 Å². The van der Waals surface area contributed by atoms with Crippen molar-refractivity contribution < 1.29 is 19.0 Å². The lowest BCUT2D eigenvalue weighted by Gasteiger charge is -2.29. The SMILES string of the molecule is Oc1ccc([C@@]2(Cn3ccnc3)OC[C@H](Cn3cc(-c4ccccn4)nn3)O2)c(F)c1. The van der Waals surface area contributed by atoms with Crippen molar-refractivity contribution in [2.45, 2.75) is 25.0 Å². The fourth-order valence-corrected chi connectivity index (χ4v) is 3.63. The van der Waals surface area contributed by atoms with E-state index >= 15 is 0 Å². The van der Waals surface area contributed by atoms with Crippen molar-refractivity contribution in [3.63, 3.8) is 0 Å². The Bertz CT molecular complexity index is 1170. The van der Waals surface area contributed by atoms with Crippen LogP contribution in [0.5, 0.6) is 5.75 Å². The van der Waals surface area contributed by atoms with Gasteiger partial charge in [0.05, 0.1) is 37.9 Å². The molecule has 9 nitrogen and oxygen atoms in total. The van der Waals surface area contributed by atoms with Gasteiger partial charge in [-0.1, -0.05) is 11.3 Å². The quantitative estimate of drug-likeness (QED) is 0.509. The van der Waals surface area contributed by atoms with Gasteiger partial charge in [0.2, 0.25) is 5.79 Å². The molecule has 1 aliphatic heterocycles. The fraction of sp³-hybridized carbons (Fsp3) is 0.238. The topological polar surface area (TPSA) is 100 Å². The van der Waals surface area contributed by atoms with Crippen LogP contribution in [0.15, 0.2) is 67.5 Å². The number of imidazole rings is 1. The first-order valence-corrected chi connectivity index (χ1v) is 9.69. The lowest BCUT2D eigenvalue weighted by Crippen LogP contribution is -2.35. The second-order valence-electron chi connectivity index (χ2n) is 7.24. The minimum Gasteiger partial charge on any atom is -0.508 e. The molecule has 4 heterocycles. The minimum atomic E-state index is -1.37. The largest absolute Gasteiger partial charge is 0.508 e. The number of benzene rings is 1. The molecule has 31 heavy (non-hydrogen) atoms. The Morgan fingerprint density at radius 3 is 2.90 bits per heavy atom. The van der Waals surface area contributed by atoms with Crippen LogP contribution >= 0.6 is 0 Å². The van der Waals surface area contributed by atoms with E-state index in [4.69, 9.17) is 9.47 Å². The average molecular weight is 422 g/mol. The summed E-state index contributed by atoms with van der Waals surface area (Å²) in [6, 6.07) is 9.49. The molecule has 1 aliphatic rings. The molecule has 10 heteroatoms. The summed E-state index contributed by atoms with van der Waals surface area (Å²) in [6.07, 6.45) is 8.06. The normalized spacial score (nSPS) is 20.9. The first-order valence-electron chi connectivity index (χ1n) is 9.69. The fourth-order valence-electron chi connectivity index (χ4n) is 3.63. The molecule has 0 radical (unpaired) electrons. The first-order chi connectivity index (χ1) is 15.1. The molecule has 1 N–H and O–H groups in total. The minimum absolute atomic E-state index is 0.168. The van der Waals surface area contributed by atoms with Gasteiger partial charge >= 0.3 is 0 Å². The molecule has 0 bridgehead atoms. The van der Waals surface area contributed by atoms with E-state index in [0.29, 0.717) is 12.2 Å². The molecule has 1 saturated heterocycles. The highest BCUT2D eigenvalue weighted by atomic mass is 19.1. The molecule has 0 spiro atoms. The van der Waals surface area contributed by atoms with Gasteiger partial charge in [-0.15, -0.1) is 5.10 Å². The summed E-state index contributed by atoms with van der Waals surface area (Å²) < 4.78 is 30.4. The standard InChI is InChI=1S/C21H19FN6O3/c22-18-9-15(29)4-5-17(18)21(13-27-8-7-23-14-27)30-12-16(31-21)10-28-11-20(25-26-28)19-3-1-2-6-24-19/h1-9,11,14,16,29H,10,12-13H2/t16-,21-/m0/s1. The van der Waals surface area contributed by atoms with Crippen LogP contribution in [-0.4, -0.2) is 47.3 Å². The van der Waals surface area contributed by atoms with Crippen LogP contribution in [0, 0.1) is 5.82 Å². The first kappa shape index (κ1) is 19.3. The summed E-state index contributed by atoms with van der Waals surface area (Å²) in [7, 11) is 0. The highest BCUT2D eigenvalue weighted by Crippen LogP contribution is 2.38. The van der Waals surface area contributed by atoms with E-state index < -0.39 is 17.7 Å². The second kappa shape index (κ2) is 7.89. The number of hydrogen-bond acceptors (Lipinski definition) is 7. The van der Waals surface area contributed by atoms with Crippen molar-refractivity contribution in [2.75, 3.05) is 6.61 Å². The molecule has 5 rings (SSSR count). The maximum atomic E-state index is 14.7. The van der Waals surface area contributed by atoms with Crippen molar-refractivity contribution in [1.82, 2.24) is 29.5 Å². The lowest BCUT2D eigenvalue weighted by molar-refractivity contribution is -0.190. The molecule has 2 atom stereocenters. The van der Waals surface area contributed by atoms with Gasteiger partial charge in [-0.25, -0.2) is 14.1 Å². The zero-order valence-corrected chi connectivity index (χ0v) is 16.4. The molecular weight excluding hydrogens is 403 g/mol. The number of halogens is 1. The Labute approximate surface area is 176 Å². The Kier molecular flexibility index (Phi) is 4.92. The number of hydrogen-bond donors (Lipinski definition) is 1. The molecule has 0 saturated carbocycles. The summed E-state index contributed by atoms with van der Waals surface area (Å²) in [6.45, 7) is 0.792. The van der Waals surface area contributed by atoms with Crippen LogP contribution in [0.1, 0.15) is 5.56 Å². The highest BCUT2D eigenvalue weighted by Gasteiger charge is 2.45. The Morgan fingerprint density at radius 2 is 2.13 bits per heavy atom. The van der Waals surface area contributed by atoms with Gasteiger partial charge in [-0.05, 0) is 24.3 Å². The molecule has 4 aromatic rings. The van der Waals surface area contributed by atoms with Gasteiger partial charge in [0, 0.05) is 30.2 Å². The van der Waals surface area contributed by atoms with Gasteiger partial charge in [-0.2, -0.15) is 0 Å². The lowest BCUT2D eigenvalue weighted by atomic mass is 10.0. The van der Waals surface area contributed by atoms with Crippen LogP contribution in [-0.2, 0) is 28.4 Å². The van der Waals surface area contributed by atoms with Gasteiger partial charge < -0.3 is 19.1 Å². The van der Waals surface area contributed by atoms with Crippen molar-refractivity contribution in [3.8, 4) is 17.1 Å². The molecule has 3 aromatic heterocycles. The second-order valence-corrected chi connectivity index (χ2v) is 7.24. The summed E-state index contributed by atoms with van der Waals surface area (Å²) in [5.74, 6) is -2.15. The van der Waals surface area contributed by atoms with Gasteiger partial charge in [0.1, 0.15) is 23.4 Å². The van der Waals surface area contributed by atoms with Crippen LogP contribution in [0.3, 0.4) is 0 Å². The molecule has 158 valence electrons. The number of rotatable bonds is 6. The number of phenols is 1. The molecule has 0 amide bonds. The average Bonchev–Trinajstić information content (AvgIpc) is 3.52. The highest BCUT2D eigenvalue weighted by molar-refractivity contribution is 5.51. The van der Waals surface area contributed by atoms with Crippen molar-refractivity contribution in [1.29, 1.82) is 0 Å². The summed E-state index contributed by atoms with van der Waals surface area (Å²) in [5.41, 5.74) is 1.57. The van der Waals surface area contributed by atoms with E-state index in [1.165, 1.54) is 12.1 Å². The Hall–Kier alpha value is -3.63. The number of nitrogens with zero attached hydrogens (tertiary/aromatic N) is 6. The maximum absolute atomic E-state index is 14.7. The molecule has 1 fully saturated rings. The van der Waals surface area contributed by atoms with E-state index in [2.05, 4.69) is 20.3 Å². The zero-order chi connectivity index (χ0) is 21.3. The Morgan fingerprint density at radius 1 is 1.19 bits per heavy atom. The van der Waals surface area contributed by atoms with Crippen LogP contribution < -0.4 is 0 Å². The molecule has 0 aliphatic carbocycles. The van der Waals surface area contributed by atoms with E-state index in [1.807, 2.05) is 18.2 Å². The zero-order valence-electron chi connectivity index (χ0n) is 16.4. The third kappa shape index (κ3) is 3.90. The van der Waals surface area contributed by atoms with Gasteiger partial charge in [0.15, 0.2) is 0 Å². The van der Waals surface area contributed by atoms with Crippen LogP contribution in [0.4, 0.5) is 4.39 Å². The Balaban J connectivity index is 1.39. The number of phenolic OH excluding ortho intramolecular Hbond substituents is 1. The van der Waals surface area contributed by atoms with E-state index in [-0.39, 0.29) is 24.5 Å². The van der Waals surface area contributed by atoms with E-state index in [9.17, 15) is 9.50 Å². The van der Waals surface area contributed by atoms with Crippen molar-refractivity contribution in [2.24, 2.45) is 0 Å². The summed E-state index contributed by atoms with van der Waals surface area (Å²) in [5, 5.41) is 17.9. The van der Waals surface area contributed by atoms with Crippen molar-refractivity contribution in [3.05, 3.63) is 78.9 Å². The van der Waals surface area contributed by atoms with Crippen LogP contribution in [0.25, 0.3) is 11.4 Å². The maximum Gasteiger partial charge on any atom is 0.216 e. The van der Waals surface area contributed by atoms with E-state index in [0.717, 1.165) is 11.8 Å². The summed E-state index contributed by atoms with van der Waals surface area (Å²) >= 11 is 0. The van der Waals surface area contributed by atoms with E-state index in [1.54, 1.807) is 40.4 Å². The van der Waals surface area contributed by atoms with Gasteiger partial charge in [0.25, 0.3) is 0 Å². The molecule has 1 aromatic carbocycles. The van der Waals surface area contributed by atoms with Crippen molar-refractivity contribution >= 4 is 0 Å². The monoisotopic (exact) mass is 422 g/mol. The predicted molar refractivity (Wildman–Crippen MR) is 106 cm³/mol. The third-order valence-corrected chi connectivity index (χ3v) is 5.03.